The maximum atomic E-state index is 13.7. The Morgan fingerprint density at radius 2 is 1.97 bits per heavy atom. The van der Waals surface area contributed by atoms with Crippen molar-refractivity contribution in [3.05, 3.63) is 73.9 Å². The molecule has 0 fully saturated rings. The maximum absolute atomic E-state index is 13.7. The van der Waals surface area contributed by atoms with Crippen molar-refractivity contribution in [3.63, 3.8) is 0 Å². The van der Waals surface area contributed by atoms with Crippen LogP contribution in [-0.2, 0) is 20.7 Å². The van der Waals surface area contributed by atoms with E-state index < -0.39 is 46.2 Å². The number of halogens is 1. The van der Waals surface area contributed by atoms with Crippen molar-refractivity contribution < 1.29 is 32.8 Å². The van der Waals surface area contributed by atoms with Gasteiger partial charge in [-0.25, -0.2) is 9.18 Å². The number of ether oxygens (including phenoxy) is 2. The van der Waals surface area contributed by atoms with Crippen molar-refractivity contribution in [2.75, 3.05) is 19.0 Å². The highest BCUT2D eigenvalue weighted by atomic mass is 19.1. The first-order chi connectivity index (χ1) is 15.7. The largest absolute Gasteiger partial charge is 0.497 e. The van der Waals surface area contributed by atoms with E-state index in [4.69, 9.17) is 13.9 Å². The van der Waals surface area contributed by atoms with E-state index in [0.29, 0.717) is 27.8 Å². The Hall–Kier alpha value is -4.28. The molecule has 10 nitrogen and oxygen atoms in total. The van der Waals surface area contributed by atoms with Crippen LogP contribution in [0.2, 0.25) is 0 Å². The lowest BCUT2D eigenvalue weighted by molar-refractivity contribution is -0.384. The van der Waals surface area contributed by atoms with Gasteiger partial charge in [-0.2, -0.15) is 0 Å². The van der Waals surface area contributed by atoms with Gasteiger partial charge in [0, 0.05) is 35.6 Å². The average Bonchev–Trinajstić information content (AvgIpc) is 2.78. The predicted octanol–water partition coefficient (Wildman–Crippen LogP) is 3.27. The van der Waals surface area contributed by atoms with Crippen molar-refractivity contribution in [1.82, 2.24) is 0 Å². The SMILES string of the molecule is COc1ccc2c(C)c(CCC(=O)OCC(=O)Nc3cc([N+](=O)[O-])ccc3F)c(=O)oc2c1. The normalized spacial score (nSPS) is 10.6. The van der Waals surface area contributed by atoms with Crippen LogP contribution in [0.5, 0.6) is 5.75 Å². The Kier molecular flexibility index (Phi) is 7.01. The number of hydrogen-bond donors (Lipinski definition) is 1. The second kappa shape index (κ2) is 9.90. The third-order valence-corrected chi connectivity index (χ3v) is 4.87. The molecule has 0 aliphatic heterocycles. The summed E-state index contributed by atoms with van der Waals surface area (Å²) in [5.41, 5.74) is -0.116. The molecule has 0 aliphatic rings. The van der Waals surface area contributed by atoms with Crippen molar-refractivity contribution in [2.24, 2.45) is 0 Å². The number of anilines is 1. The number of esters is 1. The molecule has 0 aliphatic carbocycles. The van der Waals surface area contributed by atoms with Gasteiger partial charge in [-0.05, 0) is 37.1 Å². The van der Waals surface area contributed by atoms with Gasteiger partial charge in [0.15, 0.2) is 6.61 Å². The van der Waals surface area contributed by atoms with Crippen molar-refractivity contribution in [1.29, 1.82) is 0 Å². The number of amides is 1. The highest BCUT2D eigenvalue weighted by Crippen LogP contribution is 2.24. The number of hydrogen-bond acceptors (Lipinski definition) is 8. The topological polar surface area (TPSA) is 138 Å². The molecule has 11 heteroatoms. The van der Waals surface area contributed by atoms with Gasteiger partial charge in [-0.15, -0.1) is 0 Å². The molecule has 0 spiro atoms. The second-order valence-electron chi connectivity index (χ2n) is 6.99. The first kappa shape index (κ1) is 23.4. The molecule has 2 aromatic carbocycles. The van der Waals surface area contributed by atoms with Crippen molar-refractivity contribution >= 4 is 34.2 Å². The van der Waals surface area contributed by atoms with Crippen molar-refractivity contribution in [2.45, 2.75) is 19.8 Å². The molecule has 1 amide bonds. The molecule has 3 aromatic rings. The number of benzene rings is 2. The number of carbonyl (C=O) groups excluding carboxylic acids is 2. The fourth-order valence-corrected chi connectivity index (χ4v) is 3.14. The minimum absolute atomic E-state index is 0.0239. The summed E-state index contributed by atoms with van der Waals surface area (Å²) in [5.74, 6) is -1.99. The summed E-state index contributed by atoms with van der Waals surface area (Å²) in [7, 11) is 1.49. The van der Waals surface area contributed by atoms with E-state index in [1.165, 1.54) is 7.11 Å². The van der Waals surface area contributed by atoms with E-state index in [2.05, 4.69) is 5.32 Å². The molecule has 3 rings (SSSR count). The van der Waals surface area contributed by atoms with Gasteiger partial charge in [-0.3, -0.25) is 19.7 Å². The van der Waals surface area contributed by atoms with Crippen LogP contribution in [-0.4, -0.2) is 30.5 Å². The minimum atomic E-state index is -0.878. The van der Waals surface area contributed by atoms with Gasteiger partial charge in [0.25, 0.3) is 11.6 Å². The van der Waals surface area contributed by atoms with Crippen LogP contribution >= 0.6 is 0 Å². The number of nitrogens with zero attached hydrogens (tertiary/aromatic N) is 1. The van der Waals surface area contributed by atoms with Crippen LogP contribution in [0, 0.1) is 22.9 Å². The summed E-state index contributed by atoms with van der Waals surface area (Å²) in [4.78, 5) is 46.3. The van der Waals surface area contributed by atoms with Crippen LogP contribution in [0.25, 0.3) is 11.0 Å². The smallest absolute Gasteiger partial charge is 0.339 e. The molecule has 172 valence electrons. The molecule has 0 atom stereocenters. The summed E-state index contributed by atoms with van der Waals surface area (Å²) < 4.78 is 29.0. The summed E-state index contributed by atoms with van der Waals surface area (Å²) in [6.07, 6.45) is -0.179. The van der Waals surface area contributed by atoms with Gasteiger partial charge in [-0.1, -0.05) is 0 Å². The van der Waals surface area contributed by atoms with Crippen LogP contribution in [0.3, 0.4) is 0 Å². The zero-order valence-electron chi connectivity index (χ0n) is 17.7. The number of non-ortho nitro benzene ring substituents is 1. The number of nitro groups is 1. The molecule has 0 radical (unpaired) electrons. The molecular formula is C22H19FN2O8. The number of carbonyl (C=O) groups is 2. The molecular weight excluding hydrogens is 439 g/mol. The van der Waals surface area contributed by atoms with E-state index in [1.807, 2.05) is 0 Å². The molecule has 0 saturated carbocycles. The Bertz CT molecular complexity index is 1300. The van der Waals surface area contributed by atoms with E-state index in [0.717, 1.165) is 18.2 Å². The molecule has 0 unspecified atom stereocenters. The van der Waals surface area contributed by atoms with E-state index in [1.54, 1.807) is 25.1 Å². The summed E-state index contributed by atoms with van der Waals surface area (Å²) in [6, 6.07) is 7.69. The fourth-order valence-electron chi connectivity index (χ4n) is 3.14. The Labute approximate surface area is 186 Å². The predicted molar refractivity (Wildman–Crippen MR) is 115 cm³/mol. The molecule has 1 aromatic heterocycles. The van der Waals surface area contributed by atoms with Gasteiger partial charge in [0.05, 0.1) is 17.7 Å². The van der Waals surface area contributed by atoms with Crippen molar-refractivity contribution in [3.8, 4) is 5.75 Å². The minimum Gasteiger partial charge on any atom is -0.497 e. The Morgan fingerprint density at radius 3 is 2.67 bits per heavy atom. The second-order valence-corrected chi connectivity index (χ2v) is 6.99. The van der Waals surface area contributed by atoms with Crippen LogP contribution in [0.4, 0.5) is 15.8 Å². The summed E-state index contributed by atoms with van der Waals surface area (Å²) >= 11 is 0. The lowest BCUT2D eigenvalue weighted by Gasteiger charge is -2.09. The average molecular weight is 458 g/mol. The van der Waals surface area contributed by atoms with E-state index in [9.17, 15) is 28.9 Å². The first-order valence-electron chi connectivity index (χ1n) is 9.69. The highest BCUT2D eigenvalue weighted by Gasteiger charge is 2.17. The van der Waals surface area contributed by atoms with E-state index in [-0.39, 0.29) is 12.8 Å². The fraction of sp³-hybridized carbons (Fsp3) is 0.227. The van der Waals surface area contributed by atoms with Crippen LogP contribution in [0.1, 0.15) is 17.5 Å². The van der Waals surface area contributed by atoms with Gasteiger partial charge in [0.1, 0.15) is 17.1 Å². The molecule has 0 saturated heterocycles. The molecule has 1 heterocycles. The molecule has 1 N–H and O–H groups in total. The standard InChI is InChI=1S/C22H19FN2O8/c1-12-15-5-4-14(31-2)10-19(15)33-22(28)16(12)6-8-21(27)32-11-20(26)24-18-9-13(25(29)30)3-7-17(18)23/h3-5,7,9-10H,6,8,11H2,1-2H3,(H,24,26). The van der Waals surface area contributed by atoms with Crippen LogP contribution < -0.4 is 15.7 Å². The van der Waals surface area contributed by atoms with Gasteiger partial charge >= 0.3 is 11.6 Å². The molecule has 0 bridgehead atoms. The number of fused-ring (bicyclic) bond motifs is 1. The van der Waals surface area contributed by atoms with Gasteiger partial charge in [0.2, 0.25) is 0 Å². The zero-order valence-corrected chi connectivity index (χ0v) is 17.7. The number of nitrogens with one attached hydrogen (secondary N) is 1. The maximum Gasteiger partial charge on any atom is 0.339 e. The third-order valence-electron chi connectivity index (χ3n) is 4.87. The van der Waals surface area contributed by atoms with Crippen LogP contribution in [0.15, 0.2) is 45.6 Å². The highest BCUT2D eigenvalue weighted by molar-refractivity contribution is 5.93. The molecule has 33 heavy (non-hydrogen) atoms. The summed E-state index contributed by atoms with van der Waals surface area (Å²) in [6.45, 7) is 1.000. The lowest BCUT2D eigenvalue weighted by atomic mass is 10.0. The van der Waals surface area contributed by atoms with E-state index >= 15 is 0 Å². The monoisotopic (exact) mass is 458 g/mol. The Morgan fingerprint density at radius 1 is 1.21 bits per heavy atom. The first-order valence-corrected chi connectivity index (χ1v) is 9.69. The Balaban J connectivity index is 1.59. The lowest BCUT2D eigenvalue weighted by Crippen LogP contribution is -2.22. The quantitative estimate of drug-likeness (QED) is 0.235. The zero-order chi connectivity index (χ0) is 24.1. The number of methoxy groups -OCH3 is 1. The number of nitro benzene ring substituents is 1. The third kappa shape index (κ3) is 5.50. The number of aryl methyl sites for hydroxylation is 1. The van der Waals surface area contributed by atoms with Gasteiger partial charge < -0.3 is 19.2 Å². The summed E-state index contributed by atoms with van der Waals surface area (Å²) in [5, 5.41) is 13.6. The number of rotatable bonds is 8.